The minimum absolute atomic E-state index is 0.237. The first-order valence-corrected chi connectivity index (χ1v) is 11.1. The van der Waals surface area contributed by atoms with Crippen LogP contribution in [0.15, 0.2) is 58.0 Å². The van der Waals surface area contributed by atoms with E-state index >= 15 is 0 Å². The van der Waals surface area contributed by atoms with E-state index < -0.39 is 5.91 Å². The van der Waals surface area contributed by atoms with Gasteiger partial charge in [0.25, 0.3) is 11.8 Å². The Labute approximate surface area is 196 Å². The highest BCUT2D eigenvalue weighted by molar-refractivity contribution is 6.33. The van der Waals surface area contributed by atoms with E-state index in [2.05, 4.69) is 15.8 Å². The molecule has 33 heavy (non-hydrogen) atoms. The summed E-state index contributed by atoms with van der Waals surface area (Å²) in [5, 5.41) is 7.55. The molecule has 0 radical (unpaired) electrons. The lowest BCUT2D eigenvalue weighted by molar-refractivity contribution is 0.0953. The molecule has 0 atom stereocenters. The molecule has 0 spiro atoms. The third kappa shape index (κ3) is 4.93. The molecule has 1 heterocycles. The number of furan rings is 1. The molecule has 2 amide bonds. The number of nitrogens with one attached hydrogen (secondary N) is 2. The normalized spacial score (nSPS) is 14.0. The summed E-state index contributed by atoms with van der Waals surface area (Å²) >= 11 is 6.10. The van der Waals surface area contributed by atoms with Crippen molar-refractivity contribution >= 4 is 34.8 Å². The van der Waals surface area contributed by atoms with Gasteiger partial charge in [-0.25, -0.2) is 5.43 Å². The summed E-state index contributed by atoms with van der Waals surface area (Å²) in [6, 6.07) is 13.9. The van der Waals surface area contributed by atoms with Crippen molar-refractivity contribution < 1.29 is 18.7 Å². The molecular weight excluding hydrogens is 442 g/mol. The zero-order valence-electron chi connectivity index (χ0n) is 18.4. The lowest BCUT2D eigenvalue weighted by Gasteiger charge is -2.13. The van der Waals surface area contributed by atoms with Gasteiger partial charge in [0.15, 0.2) is 5.76 Å². The van der Waals surface area contributed by atoms with E-state index in [9.17, 15) is 9.59 Å². The number of halogens is 1. The third-order valence-corrected chi connectivity index (χ3v) is 5.70. The molecule has 1 aromatic heterocycles. The fourth-order valence-electron chi connectivity index (χ4n) is 3.81. The van der Waals surface area contributed by atoms with Gasteiger partial charge in [-0.3, -0.25) is 9.59 Å². The molecule has 0 aliphatic heterocycles. The second kappa shape index (κ2) is 9.92. The minimum Gasteiger partial charge on any atom is -0.494 e. The highest BCUT2D eigenvalue weighted by Gasteiger charge is 2.28. The number of anilines is 1. The standard InChI is InChI=1S/C25H24ClN3O4/c1-3-32-17-13-11-16(12-14-17)27-25(31)23-15(2)22-20(9-6-10-21(22)33-23)28-29-24(30)18-7-4-5-8-19(18)26/h4-5,7-8,11-14H,3,6,9-10H2,1-2H3,(H,27,31)(H,29,30)/b28-20+. The van der Waals surface area contributed by atoms with Gasteiger partial charge >= 0.3 is 0 Å². The Hall–Kier alpha value is -3.58. The van der Waals surface area contributed by atoms with Crippen molar-refractivity contribution in [2.24, 2.45) is 5.10 Å². The molecule has 0 saturated carbocycles. The molecule has 8 heteroatoms. The zero-order chi connectivity index (χ0) is 23.4. The van der Waals surface area contributed by atoms with Crippen LogP contribution < -0.4 is 15.5 Å². The number of fused-ring (bicyclic) bond motifs is 1. The van der Waals surface area contributed by atoms with Gasteiger partial charge in [-0.2, -0.15) is 5.10 Å². The predicted molar refractivity (Wildman–Crippen MR) is 127 cm³/mol. The van der Waals surface area contributed by atoms with E-state index in [1.165, 1.54) is 0 Å². The van der Waals surface area contributed by atoms with Crippen molar-refractivity contribution in [2.75, 3.05) is 11.9 Å². The van der Waals surface area contributed by atoms with Crippen molar-refractivity contribution in [1.82, 2.24) is 5.43 Å². The van der Waals surface area contributed by atoms with E-state index in [1.807, 2.05) is 13.8 Å². The van der Waals surface area contributed by atoms with Gasteiger partial charge < -0.3 is 14.5 Å². The molecule has 0 saturated heterocycles. The number of rotatable bonds is 6. The second-order valence-corrected chi connectivity index (χ2v) is 8.01. The quantitative estimate of drug-likeness (QED) is 0.479. The Bertz CT molecular complexity index is 1210. The molecule has 1 aliphatic rings. The van der Waals surface area contributed by atoms with Gasteiger partial charge in [-0.05, 0) is 63.1 Å². The van der Waals surface area contributed by atoms with Gasteiger partial charge in [-0.15, -0.1) is 0 Å². The molecule has 2 N–H and O–H groups in total. The maximum Gasteiger partial charge on any atom is 0.291 e. The molecule has 7 nitrogen and oxygen atoms in total. The monoisotopic (exact) mass is 465 g/mol. The number of carbonyl (C=O) groups is 2. The average molecular weight is 466 g/mol. The van der Waals surface area contributed by atoms with Crippen LogP contribution >= 0.6 is 11.6 Å². The van der Waals surface area contributed by atoms with Gasteiger partial charge in [0.2, 0.25) is 0 Å². The number of carbonyl (C=O) groups excluding carboxylic acids is 2. The fraction of sp³-hybridized carbons (Fsp3) is 0.240. The molecule has 1 aliphatic carbocycles. The molecular formula is C25H24ClN3O4. The number of hydrogen-bond acceptors (Lipinski definition) is 5. The van der Waals surface area contributed by atoms with Gasteiger partial charge in [-0.1, -0.05) is 23.7 Å². The average Bonchev–Trinajstić information content (AvgIpc) is 3.16. The summed E-state index contributed by atoms with van der Waals surface area (Å²) in [5.41, 5.74) is 5.71. The van der Waals surface area contributed by atoms with Crippen LogP contribution in [0.1, 0.15) is 57.6 Å². The summed E-state index contributed by atoms with van der Waals surface area (Å²) in [6.07, 6.45) is 2.17. The fourth-order valence-corrected chi connectivity index (χ4v) is 4.03. The van der Waals surface area contributed by atoms with E-state index in [1.54, 1.807) is 48.5 Å². The first-order chi connectivity index (χ1) is 16.0. The molecule has 170 valence electrons. The summed E-state index contributed by atoms with van der Waals surface area (Å²) < 4.78 is 11.4. The van der Waals surface area contributed by atoms with Crippen LogP contribution in [0.2, 0.25) is 5.02 Å². The van der Waals surface area contributed by atoms with E-state index in [0.717, 1.165) is 17.7 Å². The van der Waals surface area contributed by atoms with Crippen LogP contribution in [-0.2, 0) is 6.42 Å². The largest absolute Gasteiger partial charge is 0.494 e. The van der Waals surface area contributed by atoms with Crippen LogP contribution in [0.3, 0.4) is 0 Å². The van der Waals surface area contributed by atoms with Crippen LogP contribution in [0, 0.1) is 6.92 Å². The number of benzene rings is 2. The Morgan fingerprint density at radius 2 is 1.85 bits per heavy atom. The summed E-state index contributed by atoms with van der Waals surface area (Å²) in [6.45, 7) is 4.31. The highest BCUT2D eigenvalue weighted by Crippen LogP contribution is 2.30. The third-order valence-electron chi connectivity index (χ3n) is 5.37. The van der Waals surface area contributed by atoms with Crippen molar-refractivity contribution in [3.63, 3.8) is 0 Å². The number of amides is 2. The Morgan fingerprint density at radius 3 is 2.58 bits per heavy atom. The minimum atomic E-state index is -0.394. The Balaban J connectivity index is 1.53. The molecule has 3 aromatic rings. The Kier molecular flexibility index (Phi) is 6.79. The highest BCUT2D eigenvalue weighted by atomic mass is 35.5. The maximum atomic E-state index is 12.9. The SMILES string of the molecule is CCOc1ccc(NC(=O)c2oc3c(c2C)/C(=N/NC(=O)c2ccccc2Cl)CCC3)cc1. The van der Waals surface area contributed by atoms with E-state index in [4.69, 9.17) is 20.8 Å². The van der Waals surface area contributed by atoms with Gasteiger partial charge in [0, 0.05) is 23.2 Å². The lowest BCUT2D eigenvalue weighted by atomic mass is 9.93. The summed E-state index contributed by atoms with van der Waals surface area (Å²) in [7, 11) is 0. The molecule has 0 bridgehead atoms. The maximum absolute atomic E-state index is 12.9. The van der Waals surface area contributed by atoms with Crippen molar-refractivity contribution in [3.8, 4) is 5.75 Å². The van der Waals surface area contributed by atoms with E-state index in [-0.39, 0.29) is 11.7 Å². The number of hydrazone groups is 1. The Morgan fingerprint density at radius 1 is 1.09 bits per heavy atom. The van der Waals surface area contributed by atoms with Gasteiger partial charge in [0.05, 0.1) is 22.9 Å². The van der Waals surface area contributed by atoms with Crippen molar-refractivity contribution in [1.29, 1.82) is 0 Å². The second-order valence-electron chi connectivity index (χ2n) is 7.60. The van der Waals surface area contributed by atoms with Crippen LogP contribution in [0.5, 0.6) is 5.75 Å². The molecule has 0 unspecified atom stereocenters. The van der Waals surface area contributed by atoms with Crippen LogP contribution in [0.4, 0.5) is 5.69 Å². The molecule has 2 aromatic carbocycles. The number of ether oxygens (including phenoxy) is 1. The molecule has 4 rings (SSSR count). The van der Waals surface area contributed by atoms with Crippen molar-refractivity contribution in [2.45, 2.75) is 33.1 Å². The predicted octanol–water partition coefficient (Wildman–Crippen LogP) is 5.36. The number of nitrogens with zero attached hydrogens (tertiary/aromatic N) is 1. The van der Waals surface area contributed by atoms with E-state index in [0.29, 0.717) is 52.8 Å². The smallest absolute Gasteiger partial charge is 0.291 e. The lowest BCUT2D eigenvalue weighted by Crippen LogP contribution is -2.22. The molecule has 0 fully saturated rings. The number of hydrogen-bond donors (Lipinski definition) is 2. The first-order valence-electron chi connectivity index (χ1n) is 10.8. The first kappa shape index (κ1) is 22.6. The number of aryl methyl sites for hydroxylation is 1. The summed E-state index contributed by atoms with van der Waals surface area (Å²) in [4.78, 5) is 25.4. The topological polar surface area (TPSA) is 92.9 Å². The van der Waals surface area contributed by atoms with Crippen LogP contribution in [0.25, 0.3) is 0 Å². The zero-order valence-corrected chi connectivity index (χ0v) is 19.2. The summed E-state index contributed by atoms with van der Waals surface area (Å²) in [5.74, 6) is 0.933. The van der Waals surface area contributed by atoms with Crippen LogP contribution in [-0.4, -0.2) is 24.1 Å². The van der Waals surface area contributed by atoms with Crippen molar-refractivity contribution in [3.05, 3.63) is 81.8 Å². The van der Waals surface area contributed by atoms with Gasteiger partial charge in [0.1, 0.15) is 11.5 Å².